The number of carbonyl (C=O) groups is 1. The number of anilines is 1. The summed E-state index contributed by atoms with van der Waals surface area (Å²) in [6.45, 7) is 4.68. The Morgan fingerprint density at radius 3 is 2.52 bits per heavy atom. The number of amides is 1. The number of hydrogen-bond donors (Lipinski definition) is 2. The first-order valence-electron chi connectivity index (χ1n) is 8.45. The van der Waals surface area contributed by atoms with Crippen LogP contribution in [0.25, 0.3) is 11.4 Å². The van der Waals surface area contributed by atoms with Crippen molar-refractivity contribution in [2.24, 2.45) is 5.73 Å². The van der Waals surface area contributed by atoms with Crippen LogP contribution in [0, 0.1) is 5.82 Å². The zero-order valence-electron chi connectivity index (χ0n) is 15.1. The first kappa shape index (κ1) is 18.4. The van der Waals surface area contributed by atoms with Gasteiger partial charge in [0, 0.05) is 23.1 Å². The van der Waals surface area contributed by atoms with E-state index in [0.717, 1.165) is 5.56 Å². The maximum absolute atomic E-state index is 13.1. The number of hydrogen-bond acceptors (Lipinski definition) is 5. The molecule has 138 valence electrons. The number of nitrogens with two attached hydrogens (primary N) is 1. The van der Waals surface area contributed by atoms with Crippen LogP contribution in [-0.4, -0.2) is 27.6 Å². The first-order chi connectivity index (χ1) is 12.8. The number of benzene rings is 2. The monoisotopic (exact) mass is 365 g/mol. The molecule has 6 nitrogen and oxygen atoms in total. The van der Waals surface area contributed by atoms with E-state index in [1.165, 1.54) is 12.1 Å². The molecule has 3 aromatic rings. The third-order valence-electron chi connectivity index (χ3n) is 4.30. The van der Waals surface area contributed by atoms with Gasteiger partial charge in [-0.2, -0.15) is 0 Å². The lowest BCUT2D eigenvalue weighted by Crippen LogP contribution is -2.28. The molecule has 2 aromatic carbocycles. The van der Waals surface area contributed by atoms with Gasteiger partial charge in [-0.05, 0) is 29.8 Å². The van der Waals surface area contributed by atoms with Crippen LogP contribution < -0.4 is 11.1 Å². The van der Waals surface area contributed by atoms with Gasteiger partial charge in [-0.3, -0.25) is 4.79 Å². The molecule has 0 atom stereocenters. The summed E-state index contributed by atoms with van der Waals surface area (Å²) >= 11 is 0. The molecule has 1 heterocycles. The maximum atomic E-state index is 13.1. The average molecular weight is 365 g/mol. The Morgan fingerprint density at radius 1 is 1.15 bits per heavy atom. The molecule has 7 heteroatoms. The van der Waals surface area contributed by atoms with E-state index in [4.69, 9.17) is 5.73 Å². The molecule has 0 fully saturated rings. The summed E-state index contributed by atoms with van der Waals surface area (Å²) in [6.07, 6.45) is 1.58. The van der Waals surface area contributed by atoms with Crippen LogP contribution in [0.4, 0.5) is 10.2 Å². The van der Waals surface area contributed by atoms with Crippen molar-refractivity contribution in [3.8, 4) is 11.4 Å². The van der Waals surface area contributed by atoms with E-state index in [0.29, 0.717) is 29.3 Å². The molecule has 0 unspecified atom stereocenters. The maximum Gasteiger partial charge on any atom is 0.248 e. The third-order valence-corrected chi connectivity index (χ3v) is 4.30. The summed E-state index contributed by atoms with van der Waals surface area (Å²) in [5, 5.41) is 11.5. The molecule has 0 bridgehead atoms. The molecule has 0 aliphatic rings. The van der Waals surface area contributed by atoms with Gasteiger partial charge in [0.25, 0.3) is 0 Å². The second-order valence-electron chi connectivity index (χ2n) is 6.86. The zero-order chi connectivity index (χ0) is 19.4. The predicted octanol–water partition coefficient (Wildman–Crippen LogP) is 3.17. The van der Waals surface area contributed by atoms with E-state index >= 15 is 0 Å². The highest BCUT2D eigenvalue weighted by atomic mass is 19.1. The molecule has 0 saturated heterocycles. The van der Waals surface area contributed by atoms with Gasteiger partial charge in [0.15, 0.2) is 11.6 Å². The first-order valence-corrected chi connectivity index (χ1v) is 8.45. The van der Waals surface area contributed by atoms with E-state index in [2.05, 4.69) is 34.3 Å². The topological polar surface area (TPSA) is 93.8 Å². The van der Waals surface area contributed by atoms with Crippen molar-refractivity contribution in [3.05, 3.63) is 71.7 Å². The van der Waals surface area contributed by atoms with E-state index < -0.39 is 5.91 Å². The Labute approximate surface area is 156 Å². The van der Waals surface area contributed by atoms with Crippen molar-refractivity contribution in [2.45, 2.75) is 19.3 Å². The predicted molar refractivity (Wildman–Crippen MR) is 102 cm³/mol. The smallest absolute Gasteiger partial charge is 0.248 e. The number of nitrogens with zero attached hydrogens (tertiary/aromatic N) is 3. The van der Waals surface area contributed by atoms with Gasteiger partial charge in [-0.1, -0.05) is 38.1 Å². The molecule has 0 saturated carbocycles. The molecule has 0 aliphatic heterocycles. The van der Waals surface area contributed by atoms with E-state index in [-0.39, 0.29) is 11.2 Å². The minimum Gasteiger partial charge on any atom is -0.366 e. The quantitative estimate of drug-likeness (QED) is 0.700. The molecule has 1 amide bonds. The number of aromatic nitrogens is 3. The largest absolute Gasteiger partial charge is 0.366 e. The average Bonchev–Trinajstić information content (AvgIpc) is 2.67. The van der Waals surface area contributed by atoms with Crippen LogP contribution >= 0.6 is 0 Å². The minimum atomic E-state index is -0.508. The van der Waals surface area contributed by atoms with Gasteiger partial charge < -0.3 is 11.1 Å². The fraction of sp³-hybridized carbons (Fsp3) is 0.200. The van der Waals surface area contributed by atoms with Gasteiger partial charge >= 0.3 is 0 Å². The minimum absolute atomic E-state index is 0.232. The summed E-state index contributed by atoms with van der Waals surface area (Å²) in [5.74, 6) is 0.168. The number of carbonyl (C=O) groups excluding carboxylic acids is 1. The van der Waals surface area contributed by atoms with Gasteiger partial charge in [0.1, 0.15) is 5.82 Å². The van der Waals surface area contributed by atoms with Gasteiger partial charge in [-0.25, -0.2) is 9.37 Å². The second-order valence-corrected chi connectivity index (χ2v) is 6.86. The summed E-state index contributed by atoms with van der Waals surface area (Å²) < 4.78 is 13.1. The highest BCUT2D eigenvalue weighted by molar-refractivity contribution is 5.93. The van der Waals surface area contributed by atoms with E-state index in [9.17, 15) is 9.18 Å². The van der Waals surface area contributed by atoms with Crippen molar-refractivity contribution in [1.82, 2.24) is 15.2 Å². The van der Waals surface area contributed by atoms with E-state index in [1.54, 1.807) is 42.6 Å². The van der Waals surface area contributed by atoms with Crippen LogP contribution in [0.2, 0.25) is 0 Å². The molecule has 27 heavy (non-hydrogen) atoms. The van der Waals surface area contributed by atoms with Crippen molar-refractivity contribution >= 4 is 11.7 Å². The van der Waals surface area contributed by atoms with Crippen molar-refractivity contribution in [1.29, 1.82) is 0 Å². The summed E-state index contributed by atoms with van der Waals surface area (Å²) in [7, 11) is 0. The zero-order valence-corrected chi connectivity index (χ0v) is 15.1. The van der Waals surface area contributed by atoms with Crippen LogP contribution in [0.5, 0.6) is 0 Å². The van der Waals surface area contributed by atoms with Crippen molar-refractivity contribution < 1.29 is 9.18 Å². The Kier molecular flexibility index (Phi) is 5.12. The van der Waals surface area contributed by atoms with Crippen molar-refractivity contribution in [2.75, 3.05) is 11.9 Å². The summed E-state index contributed by atoms with van der Waals surface area (Å²) in [5.41, 5.74) is 7.13. The molecule has 0 aliphatic carbocycles. The SMILES string of the molecule is CC(C)(CNc1cnc(-c2cccc(C(N)=O)c2)nn1)c1ccc(F)cc1. The molecule has 3 rings (SSSR count). The van der Waals surface area contributed by atoms with Crippen LogP contribution in [-0.2, 0) is 5.41 Å². The molecular formula is C20H20FN5O. The lowest BCUT2D eigenvalue weighted by atomic mass is 9.84. The van der Waals surface area contributed by atoms with Crippen LogP contribution in [0.15, 0.2) is 54.7 Å². The number of primary amides is 1. The number of nitrogens with one attached hydrogen (secondary N) is 1. The summed E-state index contributed by atoms with van der Waals surface area (Å²) in [4.78, 5) is 15.6. The highest BCUT2D eigenvalue weighted by Gasteiger charge is 2.20. The van der Waals surface area contributed by atoms with Crippen LogP contribution in [0.1, 0.15) is 29.8 Å². The fourth-order valence-electron chi connectivity index (χ4n) is 2.61. The van der Waals surface area contributed by atoms with Gasteiger partial charge in [-0.15, -0.1) is 10.2 Å². The van der Waals surface area contributed by atoms with Crippen molar-refractivity contribution in [3.63, 3.8) is 0 Å². The summed E-state index contributed by atoms with van der Waals surface area (Å²) in [6, 6.07) is 13.2. The second kappa shape index (κ2) is 7.49. The molecule has 1 aromatic heterocycles. The molecular weight excluding hydrogens is 345 g/mol. The Bertz CT molecular complexity index is 939. The van der Waals surface area contributed by atoms with Gasteiger partial charge in [0.05, 0.1) is 6.20 Å². The molecule has 0 radical (unpaired) electrons. The third kappa shape index (κ3) is 4.44. The Balaban J connectivity index is 1.70. The lowest BCUT2D eigenvalue weighted by molar-refractivity contribution is 0.100. The Morgan fingerprint density at radius 2 is 1.89 bits per heavy atom. The fourth-order valence-corrected chi connectivity index (χ4v) is 2.61. The number of halogens is 1. The molecule has 3 N–H and O–H groups in total. The lowest BCUT2D eigenvalue weighted by Gasteiger charge is -2.25. The van der Waals surface area contributed by atoms with Crippen LogP contribution in [0.3, 0.4) is 0 Å². The number of rotatable bonds is 6. The standard InChI is InChI=1S/C20H20FN5O/c1-20(2,15-6-8-16(21)9-7-15)12-24-17-11-23-19(26-25-17)14-5-3-4-13(10-14)18(22)27/h3-11H,12H2,1-2H3,(H2,22,27)(H,24,25). The van der Waals surface area contributed by atoms with Gasteiger partial charge in [0.2, 0.25) is 5.91 Å². The highest BCUT2D eigenvalue weighted by Crippen LogP contribution is 2.24. The Hall–Kier alpha value is -3.35. The molecule has 0 spiro atoms. The van der Waals surface area contributed by atoms with E-state index in [1.807, 2.05) is 0 Å². The normalized spacial score (nSPS) is 11.2.